The van der Waals surface area contributed by atoms with Crippen LogP contribution in [0.3, 0.4) is 0 Å². The van der Waals surface area contributed by atoms with E-state index in [2.05, 4.69) is 23.1 Å². The molecule has 0 aliphatic carbocycles. The van der Waals surface area contributed by atoms with Crippen LogP contribution in [0.5, 0.6) is 0 Å². The molecule has 0 fully saturated rings. The molecule has 8 heteroatoms. The van der Waals surface area contributed by atoms with Gasteiger partial charge in [0.25, 0.3) is 5.56 Å². The first-order chi connectivity index (χ1) is 13.5. The smallest absolute Gasteiger partial charge is 0.333 e. The van der Waals surface area contributed by atoms with Crippen molar-refractivity contribution in [2.24, 2.45) is 0 Å². The van der Waals surface area contributed by atoms with E-state index in [1.165, 1.54) is 16.7 Å². The van der Waals surface area contributed by atoms with E-state index in [1.807, 2.05) is 0 Å². The SMILES string of the molecule is C=CCn1c(=O)c2nc(-c3ccc(C=CC(=O)O)cc3)[nH]c2n(CC=C)c1=O. The maximum atomic E-state index is 12.7. The number of carboxylic acid groups (broad SMARTS) is 1. The zero-order valence-electron chi connectivity index (χ0n) is 15.0. The van der Waals surface area contributed by atoms with Crippen molar-refractivity contribution in [1.29, 1.82) is 0 Å². The number of nitrogens with zero attached hydrogens (tertiary/aromatic N) is 3. The number of rotatable bonds is 7. The van der Waals surface area contributed by atoms with Crippen LogP contribution < -0.4 is 11.2 Å². The molecule has 3 aromatic rings. The molecular weight excluding hydrogens is 360 g/mol. The first-order valence-corrected chi connectivity index (χ1v) is 8.43. The highest BCUT2D eigenvalue weighted by Gasteiger charge is 2.16. The van der Waals surface area contributed by atoms with Crippen LogP contribution in [0.2, 0.25) is 0 Å². The number of benzene rings is 1. The number of carbonyl (C=O) groups is 1. The molecule has 1 aromatic carbocycles. The van der Waals surface area contributed by atoms with Gasteiger partial charge in [0.2, 0.25) is 0 Å². The number of aromatic nitrogens is 4. The molecule has 0 unspecified atom stereocenters. The summed E-state index contributed by atoms with van der Waals surface area (Å²) >= 11 is 0. The highest BCUT2D eigenvalue weighted by Crippen LogP contribution is 2.19. The first kappa shape index (κ1) is 18.8. The molecule has 3 rings (SSSR count). The summed E-state index contributed by atoms with van der Waals surface area (Å²) in [6.07, 6.45) is 5.56. The lowest BCUT2D eigenvalue weighted by Crippen LogP contribution is -2.39. The van der Waals surface area contributed by atoms with Gasteiger partial charge in [0.15, 0.2) is 5.52 Å². The van der Waals surface area contributed by atoms with Gasteiger partial charge < -0.3 is 10.1 Å². The minimum atomic E-state index is -1.03. The molecular formula is C20H18N4O4. The van der Waals surface area contributed by atoms with Gasteiger partial charge in [-0.05, 0) is 11.6 Å². The van der Waals surface area contributed by atoms with Gasteiger partial charge in [-0.25, -0.2) is 14.6 Å². The zero-order chi connectivity index (χ0) is 20.3. The predicted molar refractivity (Wildman–Crippen MR) is 107 cm³/mol. The van der Waals surface area contributed by atoms with Gasteiger partial charge in [-0.1, -0.05) is 36.4 Å². The molecule has 28 heavy (non-hydrogen) atoms. The van der Waals surface area contributed by atoms with Crippen LogP contribution in [0.1, 0.15) is 5.56 Å². The van der Waals surface area contributed by atoms with Crippen molar-refractivity contribution in [3.63, 3.8) is 0 Å². The van der Waals surface area contributed by atoms with Gasteiger partial charge in [-0.3, -0.25) is 13.9 Å². The number of aliphatic carboxylic acids is 1. The molecule has 0 saturated heterocycles. The Morgan fingerprint density at radius 3 is 2.36 bits per heavy atom. The summed E-state index contributed by atoms with van der Waals surface area (Å²) in [6, 6.07) is 6.96. The molecule has 2 aromatic heterocycles. The van der Waals surface area contributed by atoms with E-state index in [9.17, 15) is 14.4 Å². The molecule has 0 amide bonds. The van der Waals surface area contributed by atoms with Crippen molar-refractivity contribution in [3.8, 4) is 11.4 Å². The third-order valence-corrected chi connectivity index (χ3v) is 4.09. The summed E-state index contributed by atoms with van der Waals surface area (Å²) in [7, 11) is 0. The average Bonchev–Trinajstić information content (AvgIpc) is 3.13. The van der Waals surface area contributed by atoms with Crippen molar-refractivity contribution < 1.29 is 9.90 Å². The Balaban J connectivity index is 2.15. The first-order valence-electron chi connectivity index (χ1n) is 8.43. The largest absolute Gasteiger partial charge is 0.478 e. The lowest BCUT2D eigenvalue weighted by molar-refractivity contribution is -0.131. The Morgan fingerprint density at radius 2 is 1.75 bits per heavy atom. The Bertz CT molecular complexity index is 1210. The van der Waals surface area contributed by atoms with Crippen LogP contribution in [-0.4, -0.2) is 30.2 Å². The fraction of sp³-hybridized carbons (Fsp3) is 0.100. The molecule has 2 heterocycles. The minimum Gasteiger partial charge on any atom is -0.478 e. The fourth-order valence-corrected chi connectivity index (χ4v) is 2.81. The summed E-state index contributed by atoms with van der Waals surface area (Å²) in [4.78, 5) is 43.3. The van der Waals surface area contributed by atoms with Gasteiger partial charge in [-0.2, -0.15) is 0 Å². The second kappa shape index (κ2) is 7.75. The number of fused-ring (bicyclic) bond motifs is 1. The summed E-state index contributed by atoms with van der Waals surface area (Å²) < 4.78 is 2.47. The summed E-state index contributed by atoms with van der Waals surface area (Å²) in [6.45, 7) is 7.54. The van der Waals surface area contributed by atoms with E-state index in [1.54, 1.807) is 30.3 Å². The average molecular weight is 378 g/mol. The number of aromatic amines is 1. The zero-order valence-corrected chi connectivity index (χ0v) is 15.0. The maximum absolute atomic E-state index is 12.7. The van der Waals surface area contributed by atoms with Gasteiger partial charge >= 0.3 is 11.7 Å². The second-order valence-corrected chi connectivity index (χ2v) is 5.96. The number of nitrogens with one attached hydrogen (secondary N) is 1. The Kier molecular flexibility index (Phi) is 5.21. The third-order valence-electron chi connectivity index (χ3n) is 4.09. The standard InChI is InChI=1S/C20H18N4O4/c1-3-11-23-18-16(19(27)24(12-4-2)20(23)28)21-17(22-18)14-8-5-13(6-9-14)7-10-15(25)26/h3-10H,1-2,11-12H2,(H,21,22)(H,25,26). The van der Waals surface area contributed by atoms with Gasteiger partial charge in [0.1, 0.15) is 11.5 Å². The highest BCUT2D eigenvalue weighted by atomic mass is 16.4. The molecule has 0 spiro atoms. The van der Waals surface area contributed by atoms with Crippen LogP contribution >= 0.6 is 0 Å². The van der Waals surface area contributed by atoms with E-state index in [0.29, 0.717) is 22.6 Å². The quantitative estimate of drug-likeness (QED) is 0.483. The number of hydrogen-bond donors (Lipinski definition) is 2. The summed E-state index contributed by atoms with van der Waals surface area (Å²) in [5.41, 5.74) is 0.897. The van der Waals surface area contributed by atoms with Crippen molar-refractivity contribution in [3.05, 3.63) is 82.1 Å². The lowest BCUT2D eigenvalue weighted by Gasteiger charge is -2.07. The van der Waals surface area contributed by atoms with E-state index >= 15 is 0 Å². The molecule has 0 aliphatic heterocycles. The van der Waals surface area contributed by atoms with Crippen molar-refractivity contribution in [2.45, 2.75) is 13.1 Å². The van der Waals surface area contributed by atoms with Crippen LogP contribution in [0.15, 0.2) is 65.2 Å². The van der Waals surface area contributed by atoms with E-state index in [4.69, 9.17) is 5.11 Å². The predicted octanol–water partition coefficient (Wildman–Crippen LogP) is 2.02. The van der Waals surface area contributed by atoms with Gasteiger partial charge in [0, 0.05) is 24.7 Å². The Hall–Kier alpha value is -3.94. The number of H-pyrrole nitrogens is 1. The minimum absolute atomic E-state index is 0.0809. The van der Waals surface area contributed by atoms with Crippen LogP contribution in [0, 0.1) is 0 Å². The molecule has 2 N–H and O–H groups in total. The number of hydrogen-bond acceptors (Lipinski definition) is 4. The monoisotopic (exact) mass is 378 g/mol. The topological polar surface area (TPSA) is 110 Å². The fourth-order valence-electron chi connectivity index (χ4n) is 2.81. The molecule has 0 atom stereocenters. The highest BCUT2D eigenvalue weighted by molar-refractivity contribution is 5.85. The van der Waals surface area contributed by atoms with Crippen LogP contribution in [0.25, 0.3) is 28.6 Å². The Labute approximate surface area is 159 Å². The third kappa shape index (κ3) is 3.48. The second-order valence-electron chi connectivity index (χ2n) is 5.96. The van der Waals surface area contributed by atoms with Crippen molar-refractivity contribution in [2.75, 3.05) is 0 Å². The lowest BCUT2D eigenvalue weighted by atomic mass is 10.1. The molecule has 142 valence electrons. The summed E-state index contributed by atoms with van der Waals surface area (Å²) in [5.74, 6) is -0.605. The van der Waals surface area contributed by atoms with Crippen LogP contribution in [0.4, 0.5) is 0 Å². The molecule has 0 aliphatic rings. The number of imidazole rings is 1. The maximum Gasteiger partial charge on any atom is 0.333 e. The summed E-state index contributed by atoms with van der Waals surface area (Å²) in [5, 5.41) is 8.69. The van der Waals surface area contributed by atoms with E-state index in [-0.39, 0.29) is 18.6 Å². The van der Waals surface area contributed by atoms with Crippen molar-refractivity contribution in [1.82, 2.24) is 19.1 Å². The molecule has 0 bridgehead atoms. The normalized spacial score (nSPS) is 11.1. The molecule has 0 radical (unpaired) electrons. The molecule has 8 nitrogen and oxygen atoms in total. The van der Waals surface area contributed by atoms with Gasteiger partial charge in [0.05, 0.1) is 0 Å². The van der Waals surface area contributed by atoms with Crippen LogP contribution in [-0.2, 0) is 17.9 Å². The van der Waals surface area contributed by atoms with Crippen molar-refractivity contribution >= 4 is 23.2 Å². The number of allylic oxidation sites excluding steroid dienone is 2. The van der Waals surface area contributed by atoms with E-state index in [0.717, 1.165) is 10.6 Å². The van der Waals surface area contributed by atoms with E-state index < -0.39 is 17.2 Å². The number of carboxylic acids is 1. The Morgan fingerprint density at radius 1 is 1.11 bits per heavy atom. The molecule has 0 saturated carbocycles. The van der Waals surface area contributed by atoms with Gasteiger partial charge in [-0.15, -0.1) is 13.2 Å².